The standard InChI is InChI=1S/C13H18N2O/c1-9-3-5-12(6-4-9)15(2)13(16)10-7-11(14)8-10/h3-6,10-11H,7-8,14H2,1-2H3. The Labute approximate surface area is 96.2 Å². The molecule has 2 rings (SSSR count). The van der Waals surface area contributed by atoms with Crippen LogP contribution in [-0.2, 0) is 4.79 Å². The SMILES string of the molecule is Cc1ccc(N(C)C(=O)C2CC(N)C2)cc1. The molecule has 1 fully saturated rings. The summed E-state index contributed by atoms with van der Waals surface area (Å²) in [5, 5.41) is 0. The number of benzene rings is 1. The largest absolute Gasteiger partial charge is 0.328 e. The van der Waals surface area contributed by atoms with Crippen molar-refractivity contribution >= 4 is 11.6 Å². The van der Waals surface area contributed by atoms with E-state index in [-0.39, 0.29) is 17.9 Å². The predicted octanol–water partition coefficient (Wildman–Crippen LogP) is 1.70. The van der Waals surface area contributed by atoms with E-state index in [9.17, 15) is 4.79 Å². The number of hydrogen-bond acceptors (Lipinski definition) is 2. The third-order valence-electron chi connectivity index (χ3n) is 3.28. The molecule has 1 saturated carbocycles. The highest BCUT2D eigenvalue weighted by molar-refractivity contribution is 5.95. The molecule has 1 aliphatic rings. The minimum absolute atomic E-state index is 0.126. The molecule has 0 aromatic heterocycles. The highest BCUT2D eigenvalue weighted by Crippen LogP contribution is 2.28. The molecule has 1 aliphatic carbocycles. The number of nitrogens with two attached hydrogens (primary N) is 1. The van der Waals surface area contributed by atoms with Crippen molar-refractivity contribution in [2.45, 2.75) is 25.8 Å². The zero-order chi connectivity index (χ0) is 11.7. The quantitative estimate of drug-likeness (QED) is 0.821. The summed E-state index contributed by atoms with van der Waals surface area (Å²) in [4.78, 5) is 13.8. The Morgan fingerprint density at radius 2 is 1.88 bits per heavy atom. The molecule has 1 aromatic carbocycles. The second kappa shape index (κ2) is 4.26. The van der Waals surface area contributed by atoms with Gasteiger partial charge in [-0.05, 0) is 31.9 Å². The Balaban J connectivity index is 2.04. The van der Waals surface area contributed by atoms with E-state index >= 15 is 0 Å². The van der Waals surface area contributed by atoms with Crippen molar-refractivity contribution in [2.24, 2.45) is 11.7 Å². The molecule has 16 heavy (non-hydrogen) atoms. The molecule has 0 bridgehead atoms. The van der Waals surface area contributed by atoms with Gasteiger partial charge in [-0.15, -0.1) is 0 Å². The summed E-state index contributed by atoms with van der Waals surface area (Å²) in [7, 11) is 1.83. The van der Waals surface area contributed by atoms with Crippen molar-refractivity contribution in [3.8, 4) is 0 Å². The third-order valence-corrected chi connectivity index (χ3v) is 3.28. The first-order valence-corrected chi connectivity index (χ1v) is 5.67. The van der Waals surface area contributed by atoms with Gasteiger partial charge < -0.3 is 10.6 Å². The fraction of sp³-hybridized carbons (Fsp3) is 0.462. The predicted molar refractivity (Wildman–Crippen MR) is 65.3 cm³/mol. The monoisotopic (exact) mass is 218 g/mol. The lowest BCUT2D eigenvalue weighted by molar-refractivity contribution is -0.124. The van der Waals surface area contributed by atoms with Gasteiger partial charge in [0, 0.05) is 24.7 Å². The van der Waals surface area contributed by atoms with Gasteiger partial charge in [0.15, 0.2) is 0 Å². The summed E-state index contributed by atoms with van der Waals surface area (Å²) in [6.45, 7) is 2.04. The lowest BCUT2D eigenvalue weighted by atomic mass is 9.80. The number of nitrogens with zero attached hydrogens (tertiary/aromatic N) is 1. The molecule has 0 atom stereocenters. The van der Waals surface area contributed by atoms with E-state index in [4.69, 9.17) is 5.73 Å². The Bertz CT molecular complexity index is 379. The average molecular weight is 218 g/mol. The molecule has 0 radical (unpaired) electrons. The Morgan fingerprint density at radius 1 is 1.31 bits per heavy atom. The summed E-state index contributed by atoms with van der Waals surface area (Å²) < 4.78 is 0. The normalized spacial score (nSPS) is 23.7. The van der Waals surface area contributed by atoms with Crippen molar-refractivity contribution in [1.29, 1.82) is 0 Å². The van der Waals surface area contributed by atoms with Crippen LogP contribution in [0.15, 0.2) is 24.3 Å². The van der Waals surface area contributed by atoms with E-state index in [1.165, 1.54) is 5.56 Å². The highest BCUT2D eigenvalue weighted by atomic mass is 16.2. The van der Waals surface area contributed by atoms with Gasteiger partial charge in [-0.2, -0.15) is 0 Å². The van der Waals surface area contributed by atoms with Crippen LogP contribution in [0, 0.1) is 12.8 Å². The van der Waals surface area contributed by atoms with Crippen molar-refractivity contribution in [3.05, 3.63) is 29.8 Å². The number of hydrogen-bond donors (Lipinski definition) is 1. The van der Waals surface area contributed by atoms with Gasteiger partial charge in [0.25, 0.3) is 0 Å². The first-order chi connectivity index (χ1) is 7.58. The number of anilines is 1. The molecule has 0 aliphatic heterocycles. The van der Waals surface area contributed by atoms with Crippen molar-refractivity contribution in [1.82, 2.24) is 0 Å². The van der Waals surface area contributed by atoms with Crippen LogP contribution in [0.4, 0.5) is 5.69 Å². The van der Waals surface area contributed by atoms with Crippen LogP contribution in [0.3, 0.4) is 0 Å². The van der Waals surface area contributed by atoms with E-state index in [0.29, 0.717) is 0 Å². The van der Waals surface area contributed by atoms with E-state index < -0.39 is 0 Å². The maximum atomic E-state index is 12.0. The van der Waals surface area contributed by atoms with Crippen LogP contribution in [0.1, 0.15) is 18.4 Å². The van der Waals surface area contributed by atoms with Gasteiger partial charge in [0.05, 0.1) is 0 Å². The number of rotatable bonds is 2. The van der Waals surface area contributed by atoms with Gasteiger partial charge in [-0.25, -0.2) is 0 Å². The lowest BCUT2D eigenvalue weighted by Gasteiger charge is -2.34. The lowest BCUT2D eigenvalue weighted by Crippen LogP contribution is -2.45. The van der Waals surface area contributed by atoms with Gasteiger partial charge in [0.2, 0.25) is 5.91 Å². The number of aryl methyl sites for hydroxylation is 1. The third kappa shape index (κ3) is 2.09. The fourth-order valence-electron chi connectivity index (χ4n) is 2.03. The smallest absolute Gasteiger partial charge is 0.229 e. The van der Waals surface area contributed by atoms with E-state index in [1.54, 1.807) is 4.90 Å². The zero-order valence-corrected chi connectivity index (χ0v) is 9.81. The first-order valence-electron chi connectivity index (χ1n) is 5.67. The number of amides is 1. The van der Waals surface area contributed by atoms with Gasteiger partial charge in [-0.1, -0.05) is 17.7 Å². The van der Waals surface area contributed by atoms with Crippen LogP contribution in [0.25, 0.3) is 0 Å². The number of carbonyl (C=O) groups excluding carboxylic acids is 1. The second-order valence-corrected chi connectivity index (χ2v) is 4.66. The molecule has 2 N–H and O–H groups in total. The maximum absolute atomic E-state index is 12.0. The van der Waals surface area contributed by atoms with Crippen LogP contribution in [0.5, 0.6) is 0 Å². The zero-order valence-electron chi connectivity index (χ0n) is 9.81. The van der Waals surface area contributed by atoms with Crippen molar-refractivity contribution in [3.63, 3.8) is 0 Å². The van der Waals surface area contributed by atoms with Gasteiger partial charge in [0.1, 0.15) is 0 Å². The topological polar surface area (TPSA) is 46.3 Å². The van der Waals surface area contributed by atoms with Crippen molar-refractivity contribution in [2.75, 3.05) is 11.9 Å². The fourth-order valence-corrected chi connectivity index (χ4v) is 2.03. The van der Waals surface area contributed by atoms with E-state index in [1.807, 2.05) is 38.2 Å². The molecule has 0 spiro atoms. The molecule has 1 amide bonds. The molecule has 1 aromatic rings. The Morgan fingerprint density at radius 3 is 2.38 bits per heavy atom. The molecule has 0 saturated heterocycles. The van der Waals surface area contributed by atoms with E-state index in [0.717, 1.165) is 18.5 Å². The Hall–Kier alpha value is -1.35. The van der Waals surface area contributed by atoms with Gasteiger partial charge >= 0.3 is 0 Å². The van der Waals surface area contributed by atoms with Crippen LogP contribution in [0.2, 0.25) is 0 Å². The second-order valence-electron chi connectivity index (χ2n) is 4.66. The number of carbonyl (C=O) groups is 1. The molecule has 0 heterocycles. The van der Waals surface area contributed by atoms with Crippen LogP contribution in [-0.4, -0.2) is 19.0 Å². The van der Waals surface area contributed by atoms with Crippen molar-refractivity contribution < 1.29 is 4.79 Å². The van der Waals surface area contributed by atoms with Gasteiger partial charge in [-0.3, -0.25) is 4.79 Å². The molecule has 86 valence electrons. The first kappa shape index (κ1) is 11.1. The van der Waals surface area contributed by atoms with E-state index in [2.05, 4.69) is 0 Å². The summed E-state index contributed by atoms with van der Waals surface area (Å²) >= 11 is 0. The summed E-state index contributed by atoms with van der Waals surface area (Å²) in [6.07, 6.45) is 1.66. The summed E-state index contributed by atoms with van der Waals surface area (Å²) in [6, 6.07) is 8.22. The molecular formula is C13H18N2O. The summed E-state index contributed by atoms with van der Waals surface area (Å²) in [5.41, 5.74) is 7.85. The highest BCUT2D eigenvalue weighted by Gasteiger charge is 2.34. The molecule has 0 unspecified atom stereocenters. The average Bonchev–Trinajstić information content (AvgIpc) is 2.24. The minimum atomic E-state index is 0.126. The van der Waals surface area contributed by atoms with Crippen LogP contribution >= 0.6 is 0 Å². The summed E-state index contributed by atoms with van der Waals surface area (Å²) in [5.74, 6) is 0.312. The molecular weight excluding hydrogens is 200 g/mol. The minimum Gasteiger partial charge on any atom is -0.328 e. The Kier molecular flexibility index (Phi) is 2.97. The van der Waals surface area contributed by atoms with Crippen LogP contribution < -0.4 is 10.6 Å². The molecule has 3 nitrogen and oxygen atoms in total. The molecule has 3 heteroatoms. The maximum Gasteiger partial charge on any atom is 0.229 e.